The van der Waals surface area contributed by atoms with Crippen molar-refractivity contribution >= 4 is 44.7 Å². The molecule has 0 aliphatic rings. The van der Waals surface area contributed by atoms with Gasteiger partial charge in [-0.2, -0.15) is 0 Å². The highest BCUT2D eigenvalue weighted by Crippen LogP contribution is 2.39. The van der Waals surface area contributed by atoms with Crippen molar-refractivity contribution in [3.8, 4) is 0 Å². The zero-order valence-corrected chi connectivity index (χ0v) is 16.0. The van der Waals surface area contributed by atoms with Crippen molar-refractivity contribution in [3.63, 3.8) is 0 Å². The van der Waals surface area contributed by atoms with Crippen LogP contribution in [0.25, 0.3) is 5.57 Å². The Labute approximate surface area is 149 Å². The lowest BCUT2D eigenvalue weighted by atomic mass is 9.90. The third-order valence-electron chi connectivity index (χ3n) is 3.49. The summed E-state index contributed by atoms with van der Waals surface area (Å²) in [6.07, 6.45) is 3.78. The maximum absolute atomic E-state index is 6.52. The van der Waals surface area contributed by atoms with E-state index in [0.717, 1.165) is 37.5 Å². The SMILES string of the molecule is C/C=C(\c1ccc(Br)c(Cl)c1C(C)C)c1nc(Cl)ncc1C. The Kier molecular flexibility index (Phi) is 5.65. The van der Waals surface area contributed by atoms with Crippen LogP contribution in [0.1, 0.15) is 49.1 Å². The first-order valence-corrected chi connectivity index (χ1v) is 8.55. The van der Waals surface area contributed by atoms with Gasteiger partial charge in [0, 0.05) is 16.2 Å². The van der Waals surface area contributed by atoms with Crippen molar-refractivity contribution < 1.29 is 0 Å². The summed E-state index contributed by atoms with van der Waals surface area (Å²) in [6.45, 7) is 8.23. The highest BCUT2D eigenvalue weighted by Gasteiger charge is 2.19. The predicted octanol–water partition coefficient (Wildman–Crippen LogP) is 6.43. The van der Waals surface area contributed by atoms with E-state index in [1.807, 2.05) is 26.0 Å². The molecule has 1 heterocycles. The molecule has 5 heteroatoms. The molecular formula is C17H17BrCl2N2. The van der Waals surface area contributed by atoms with Gasteiger partial charge in [0.2, 0.25) is 5.28 Å². The number of aromatic nitrogens is 2. The molecule has 0 saturated heterocycles. The molecule has 22 heavy (non-hydrogen) atoms. The molecule has 116 valence electrons. The smallest absolute Gasteiger partial charge is 0.222 e. The second-order valence-electron chi connectivity index (χ2n) is 5.35. The van der Waals surface area contributed by atoms with Crippen molar-refractivity contribution in [1.29, 1.82) is 0 Å². The summed E-state index contributed by atoms with van der Waals surface area (Å²) in [5, 5.41) is 0.985. The van der Waals surface area contributed by atoms with Gasteiger partial charge in [-0.3, -0.25) is 0 Å². The molecule has 0 radical (unpaired) electrons. The van der Waals surface area contributed by atoms with Gasteiger partial charge in [-0.25, -0.2) is 9.97 Å². The second kappa shape index (κ2) is 7.12. The summed E-state index contributed by atoms with van der Waals surface area (Å²) in [4.78, 5) is 8.44. The summed E-state index contributed by atoms with van der Waals surface area (Å²) in [5.41, 5.74) is 5.00. The van der Waals surface area contributed by atoms with Gasteiger partial charge in [0.15, 0.2) is 0 Å². The molecule has 0 spiro atoms. The Bertz CT molecular complexity index is 740. The van der Waals surface area contributed by atoms with E-state index < -0.39 is 0 Å². The van der Waals surface area contributed by atoms with Crippen molar-refractivity contribution in [3.05, 3.63) is 61.6 Å². The summed E-state index contributed by atoms with van der Waals surface area (Å²) in [7, 11) is 0. The van der Waals surface area contributed by atoms with Crippen LogP contribution in [0.3, 0.4) is 0 Å². The second-order valence-corrected chi connectivity index (χ2v) is 6.92. The molecule has 0 bridgehead atoms. The van der Waals surface area contributed by atoms with E-state index in [2.05, 4.69) is 45.8 Å². The Morgan fingerprint density at radius 1 is 1.27 bits per heavy atom. The van der Waals surface area contributed by atoms with Crippen molar-refractivity contribution in [2.24, 2.45) is 0 Å². The average Bonchev–Trinajstić information content (AvgIpc) is 2.46. The monoisotopic (exact) mass is 398 g/mol. The number of hydrogen-bond acceptors (Lipinski definition) is 2. The molecule has 0 aliphatic heterocycles. The molecule has 0 unspecified atom stereocenters. The molecule has 0 aliphatic carbocycles. The molecular weight excluding hydrogens is 383 g/mol. The third-order valence-corrected chi connectivity index (χ3v) is 4.96. The van der Waals surface area contributed by atoms with Crippen molar-refractivity contribution in [1.82, 2.24) is 9.97 Å². The minimum Gasteiger partial charge on any atom is -0.226 e. The summed E-state index contributed by atoms with van der Waals surface area (Å²) in [6, 6.07) is 4.03. The van der Waals surface area contributed by atoms with E-state index in [4.69, 9.17) is 23.2 Å². The van der Waals surface area contributed by atoms with Gasteiger partial charge in [-0.05, 0) is 70.1 Å². The van der Waals surface area contributed by atoms with Gasteiger partial charge in [0.05, 0.1) is 10.7 Å². The number of halogens is 3. The summed E-state index contributed by atoms with van der Waals surface area (Å²) >= 11 is 16.0. The van der Waals surface area contributed by atoms with Gasteiger partial charge in [-0.15, -0.1) is 0 Å². The summed E-state index contributed by atoms with van der Waals surface area (Å²) < 4.78 is 0.898. The van der Waals surface area contributed by atoms with E-state index in [-0.39, 0.29) is 11.2 Å². The van der Waals surface area contributed by atoms with Crippen LogP contribution in [0.2, 0.25) is 10.3 Å². The standard InChI is InChI=1S/C17H17BrCl2N2/c1-5-11(16-10(4)8-21-17(20)22-16)12-6-7-13(18)15(19)14(12)9(2)3/h5-9H,1-4H3/b11-5+. The first-order valence-electron chi connectivity index (χ1n) is 7.00. The van der Waals surface area contributed by atoms with Crippen LogP contribution in [0.5, 0.6) is 0 Å². The number of hydrogen-bond donors (Lipinski definition) is 0. The fourth-order valence-corrected chi connectivity index (χ4v) is 3.34. The molecule has 0 amide bonds. The molecule has 0 atom stereocenters. The van der Waals surface area contributed by atoms with E-state index in [1.54, 1.807) is 6.20 Å². The van der Waals surface area contributed by atoms with E-state index in [0.29, 0.717) is 0 Å². The fraction of sp³-hybridized carbons (Fsp3) is 0.294. The first kappa shape index (κ1) is 17.5. The van der Waals surface area contributed by atoms with Crippen LogP contribution in [0, 0.1) is 6.92 Å². The number of allylic oxidation sites excluding steroid dienone is 1. The van der Waals surface area contributed by atoms with Crippen LogP contribution in [-0.4, -0.2) is 9.97 Å². The van der Waals surface area contributed by atoms with Crippen molar-refractivity contribution in [2.75, 3.05) is 0 Å². The number of aryl methyl sites for hydroxylation is 1. The topological polar surface area (TPSA) is 25.8 Å². The fourth-order valence-electron chi connectivity index (χ4n) is 2.48. The van der Waals surface area contributed by atoms with Gasteiger partial charge >= 0.3 is 0 Å². The predicted molar refractivity (Wildman–Crippen MR) is 97.8 cm³/mol. The van der Waals surface area contributed by atoms with Crippen LogP contribution in [0.15, 0.2) is 28.9 Å². The molecule has 2 aromatic rings. The zero-order chi connectivity index (χ0) is 16.4. The molecule has 0 N–H and O–H groups in total. The van der Waals surface area contributed by atoms with Crippen LogP contribution < -0.4 is 0 Å². The van der Waals surface area contributed by atoms with E-state index in [9.17, 15) is 0 Å². The highest BCUT2D eigenvalue weighted by atomic mass is 79.9. The molecule has 2 nitrogen and oxygen atoms in total. The van der Waals surface area contributed by atoms with Gasteiger partial charge in [0.25, 0.3) is 0 Å². The molecule has 0 saturated carbocycles. The van der Waals surface area contributed by atoms with Gasteiger partial charge in [-0.1, -0.05) is 37.6 Å². The third kappa shape index (κ3) is 3.37. The lowest BCUT2D eigenvalue weighted by Gasteiger charge is -2.19. The van der Waals surface area contributed by atoms with E-state index >= 15 is 0 Å². The van der Waals surface area contributed by atoms with Gasteiger partial charge in [0.1, 0.15) is 0 Å². The first-order chi connectivity index (χ1) is 10.4. The number of nitrogens with zero attached hydrogens (tertiary/aromatic N) is 2. The number of benzene rings is 1. The Balaban J connectivity index is 2.73. The van der Waals surface area contributed by atoms with Crippen LogP contribution in [-0.2, 0) is 0 Å². The maximum atomic E-state index is 6.52. The van der Waals surface area contributed by atoms with Crippen LogP contribution >= 0.6 is 39.1 Å². The Morgan fingerprint density at radius 2 is 1.95 bits per heavy atom. The van der Waals surface area contributed by atoms with Crippen molar-refractivity contribution in [2.45, 2.75) is 33.6 Å². The molecule has 1 aromatic heterocycles. The van der Waals surface area contributed by atoms with Crippen LogP contribution in [0.4, 0.5) is 0 Å². The Hall–Kier alpha value is -0.900. The quantitative estimate of drug-likeness (QED) is 0.555. The minimum absolute atomic E-state index is 0.245. The maximum Gasteiger partial charge on any atom is 0.222 e. The summed E-state index contributed by atoms with van der Waals surface area (Å²) in [5.74, 6) is 0.285. The highest BCUT2D eigenvalue weighted by molar-refractivity contribution is 9.10. The normalized spacial score (nSPS) is 12.1. The largest absolute Gasteiger partial charge is 0.226 e. The Morgan fingerprint density at radius 3 is 2.55 bits per heavy atom. The lowest BCUT2D eigenvalue weighted by Crippen LogP contribution is -2.03. The zero-order valence-electron chi connectivity index (χ0n) is 12.9. The molecule has 2 rings (SSSR count). The number of rotatable bonds is 3. The van der Waals surface area contributed by atoms with Gasteiger partial charge < -0.3 is 0 Å². The van der Waals surface area contributed by atoms with E-state index in [1.165, 1.54) is 0 Å². The lowest BCUT2D eigenvalue weighted by molar-refractivity contribution is 0.861. The minimum atomic E-state index is 0.245. The molecule has 1 aromatic carbocycles. The average molecular weight is 400 g/mol. The molecule has 0 fully saturated rings.